The number of halogens is 2. The highest BCUT2D eigenvalue weighted by Crippen LogP contribution is 2.27. The molecule has 1 amide bonds. The molecule has 0 aliphatic rings. The highest BCUT2D eigenvalue weighted by molar-refractivity contribution is 6.32. The van der Waals surface area contributed by atoms with Crippen LogP contribution in [0.4, 0.5) is 4.39 Å². The monoisotopic (exact) mass is 454 g/mol. The Labute approximate surface area is 191 Å². The van der Waals surface area contributed by atoms with Crippen LogP contribution in [0.15, 0.2) is 59.7 Å². The van der Waals surface area contributed by atoms with Gasteiger partial charge in [-0.05, 0) is 78.6 Å². The van der Waals surface area contributed by atoms with Crippen LogP contribution in [-0.4, -0.2) is 19.2 Å². The smallest absolute Gasteiger partial charge is 0.244 e. The van der Waals surface area contributed by atoms with Gasteiger partial charge in [-0.25, -0.2) is 9.82 Å². The zero-order valence-electron chi connectivity index (χ0n) is 18.1. The number of carbonyl (C=O) groups is 1. The summed E-state index contributed by atoms with van der Waals surface area (Å²) in [6, 6.07) is 15.1. The molecule has 7 heteroatoms. The van der Waals surface area contributed by atoms with Crippen molar-refractivity contribution in [2.24, 2.45) is 5.10 Å². The quantitative estimate of drug-likeness (QED) is 0.367. The number of benzene rings is 3. The van der Waals surface area contributed by atoms with Crippen molar-refractivity contribution in [3.63, 3.8) is 0 Å². The van der Waals surface area contributed by atoms with Crippen LogP contribution >= 0.6 is 11.6 Å². The summed E-state index contributed by atoms with van der Waals surface area (Å²) in [6.45, 7) is 4.16. The fraction of sp³-hybridized carbons (Fsp3) is 0.200. The summed E-state index contributed by atoms with van der Waals surface area (Å²) in [5, 5.41) is 4.74. The van der Waals surface area contributed by atoms with Crippen LogP contribution in [0.2, 0.25) is 5.02 Å². The van der Waals surface area contributed by atoms with Gasteiger partial charge in [0.05, 0.1) is 19.7 Å². The van der Waals surface area contributed by atoms with E-state index >= 15 is 0 Å². The molecule has 0 aliphatic carbocycles. The molecule has 0 atom stereocenters. The van der Waals surface area contributed by atoms with Gasteiger partial charge in [0.15, 0.2) is 0 Å². The van der Waals surface area contributed by atoms with E-state index < -0.39 is 0 Å². The molecule has 3 aromatic rings. The van der Waals surface area contributed by atoms with Crippen molar-refractivity contribution < 1.29 is 18.7 Å². The van der Waals surface area contributed by atoms with Gasteiger partial charge >= 0.3 is 0 Å². The van der Waals surface area contributed by atoms with E-state index in [2.05, 4.69) is 10.5 Å². The normalized spacial score (nSPS) is 10.9. The second-order valence-electron chi connectivity index (χ2n) is 7.33. The number of hydrazone groups is 1. The van der Waals surface area contributed by atoms with Gasteiger partial charge in [-0.3, -0.25) is 4.79 Å². The molecule has 0 unspecified atom stereocenters. The van der Waals surface area contributed by atoms with Crippen LogP contribution < -0.4 is 14.9 Å². The van der Waals surface area contributed by atoms with Crippen LogP contribution in [0.25, 0.3) is 0 Å². The largest absolute Gasteiger partial charge is 0.496 e. The second-order valence-corrected chi connectivity index (χ2v) is 7.71. The Morgan fingerprint density at radius 1 is 1.09 bits per heavy atom. The third kappa shape index (κ3) is 6.31. The molecule has 0 saturated carbocycles. The fourth-order valence-corrected chi connectivity index (χ4v) is 3.26. The molecule has 0 spiro atoms. The molecule has 0 heterocycles. The van der Waals surface area contributed by atoms with Crippen LogP contribution in [-0.2, 0) is 17.8 Å². The Morgan fingerprint density at radius 2 is 1.78 bits per heavy atom. The standard InChI is InChI=1S/C25H24ClFN2O3/c1-16-10-22(11-17(2)25(16)26)32-15-20-12-19(6-9-23(20)31-3)14-28-29-24(30)13-18-4-7-21(27)8-5-18/h4-12,14H,13,15H2,1-3H3,(H,29,30). The number of aryl methyl sites for hydroxylation is 2. The maximum Gasteiger partial charge on any atom is 0.244 e. The second kappa shape index (κ2) is 10.8. The summed E-state index contributed by atoms with van der Waals surface area (Å²) in [4.78, 5) is 12.0. The maximum atomic E-state index is 13.0. The van der Waals surface area contributed by atoms with Gasteiger partial charge in [0.1, 0.15) is 23.9 Å². The first-order valence-corrected chi connectivity index (χ1v) is 10.4. The third-order valence-electron chi connectivity index (χ3n) is 4.79. The summed E-state index contributed by atoms with van der Waals surface area (Å²) in [5.74, 6) is 0.773. The van der Waals surface area contributed by atoms with Gasteiger partial charge in [-0.1, -0.05) is 23.7 Å². The average Bonchev–Trinajstić information content (AvgIpc) is 2.77. The number of methoxy groups -OCH3 is 1. The average molecular weight is 455 g/mol. The molecule has 0 aliphatic heterocycles. The first-order chi connectivity index (χ1) is 15.4. The SMILES string of the molecule is COc1ccc(C=NNC(=O)Cc2ccc(F)cc2)cc1COc1cc(C)c(Cl)c(C)c1. The molecule has 3 aromatic carbocycles. The van der Waals surface area contributed by atoms with Crippen molar-refractivity contribution in [2.45, 2.75) is 26.9 Å². The predicted molar refractivity (Wildman–Crippen MR) is 124 cm³/mol. The maximum absolute atomic E-state index is 13.0. The lowest BCUT2D eigenvalue weighted by atomic mass is 10.1. The van der Waals surface area contributed by atoms with Crippen molar-refractivity contribution in [2.75, 3.05) is 7.11 Å². The predicted octanol–water partition coefficient (Wildman–Crippen LogP) is 5.38. The van der Waals surface area contributed by atoms with E-state index in [-0.39, 0.29) is 18.1 Å². The summed E-state index contributed by atoms with van der Waals surface area (Å²) in [5.41, 5.74) is 6.69. The third-order valence-corrected chi connectivity index (χ3v) is 5.39. The van der Waals surface area contributed by atoms with Gasteiger partial charge in [0.25, 0.3) is 0 Å². The Bertz CT molecular complexity index is 1110. The fourth-order valence-electron chi connectivity index (χ4n) is 3.15. The van der Waals surface area contributed by atoms with Crippen LogP contribution in [0.3, 0.4) is 0 Å². The lowest BCUT2D eigenvalue weighted by Crippen LogP contribution is -2.19. The molecular formula is C25H24ClFN2O3. The van der Waals surface area contributed by atoms with Gasteiger partial charge in [0.2, 0.25) is 5.91 Å². The first-order valence-electron chi connectivity index (χ1n) is 9.98. The van der Waals surface area contributed by atoms with E-state index in [1.807, 2.05) is 44.2 Å². The number of hydrogen-bond donors (Lipinski definition) is 1. The van der Waals surface area contributed by atoms with E-state index in [1.165, 1.54) is 12.1 Å². The van der Waals surface area contributed by atoms with Crippen LogP contribution in [0.5, 0.6) is 11.5 Å². The van der Waals surface area contributed by atoms with E-state index in [1.54, 1.807) is 25.5 Å². The van der Waals surface area contributed by atoms with E-state index in [9.17, 15) is 9.18 Å². The molecule has 166 valence electrons. The molecule has 0 bridgehead atoms. The summed E-state index contributed by atoms with van der Waals surface area (Å²) in [6.07, 6.45) is 1.65. The summed E-state index contributed by atoms with van der Waals surface area (Å²) in [7, 11) is 1.60. The van der Waals surface area contributed by atoms with Crippen molar-refractivity contribution in [1.29, 1.82) is 0 Å². The number of nitrogens with one attached hydrogen (secondary N) is 1. The van der Waals surface area contributed by atoms with Gasteiger partial charge in [0, 0.05) is 10.6 Å². The molecule has 3 rings (SSSR count). The Hall–Kier alpha value is -3.38. The van der Waals surface area contributed by atoms with E-state index in [0.717, 1.165) is 33.0 Å². The summed E-state index contributed by atoms with van der Waals surface area (Å²) >= 11 is 6.22. The van der Waals surface area contributed by atoms with Crippen LogP contribution in [0.1, 0.15) is 27.8 Å². The van der Waals surface area contributed by atoms with Crippen molar-refractivity contribution in [3.8, 4) is 11.5 Å². The molecule has 0 fully saturated rings. The molecule has 0 radical (unpaired) electrons. The van der Waals surface area contributed by atoms with Gasteiger partial charge in [-0.2, -0.15) is 5.10 Å². The lowest BCUT2D eigenvalue weighted by Gasteiger charge is -2.13. The van der Waals surface area contributed by atoms with Crippen molar-refractivity contribution in [3.05, 3.63) is 93.3 Å². The van der Waals surface area contributed by atoms with Crippen molar-refractivity contribution >= 4 is 23.7 Å². The zero-order chi connectivity index (χ0) is 23.1. The number of carbonyl (C=O) groups excluding carboxylic acids is 1. The minimum absolute atomic E-state index is 0.110. The number of rotatable bonds is 8. The molecule has 0 aromatic heterocycles. The van der Waals surface area contributed by atoms with E-state index in [0.29, 0.717) is 17.9 Å². The van der Waals surface area contributed by atoms with E-state index in [4.69, 9.17) is 21.1 Å². The topological polar surface area (TPSA) is 59.9 Å². The zero-order valence-corrected chi connectivity index (χ0v) is 18.9. The Morgan fingerprint density at radius 3 is 2.44 bits per heavy atom. The lowest BCUT2D eigenvalue weighted by molar-refractivity contribution is -0.120. The minimum atomic E-state index is -0.340. The molecule has 1 N–H and O–H groups in total. The number of hydrogen-bond acceptors (Lipinski definition) is 4. The number of amides is 1. The first kappa shape index (κ1) is 23.3. The highest BCUT2D eigenvalue weighted by atomic mass is 35.5. The Kier molecular flexibility index (Phi) is 7.84. The summed E-state index contributed by atoms with van der Waals surface area (Å²) < 4.78 is 24.3. The van der Waals surface area contributed by atoms with Crippen LogP contribution in [0, 0.1) is 19.7 Å². The minimum Gasteiger partial charge on any atom is -0.496 e. The molecule has 0 saturated heterocycles. The molecular weight excluding hydrogens is 431 g/mol. The Balaban J connectivity index is 1.63. The highest BCUT2D eigenvalue weighted by Gasteiger charge is 2.08. The molecule has 5 nitrogen and oxygen atoms in total. The molecule has 32 heavy (non-hydrogen) atoms. The van der Waals surface area contributed by atoms with Gasteiger partial charge < -0.3 is 9.47 Å². The number of nitrogens with zero attached hydrogens (tertiary/aromatic N) is 1. The van der Waals surface area contributed by atoms with Gasteiger partial charge in [-0.15, -0.1) is 0 Å². The number of ether oxygens (including phenoxy) is 2. The van der Waals surface area contributed by atoms with Crippen molar-refractivity contribution in [1.82, 2.24) is 5.43 Å².